The summed E-state index contributed by atoms with van der Waals surface area (Å²) in [5.41, 5.74) is 5.92. The van der Waals surface area contributed by atoms with Crippen molar-refractivity contribution in [2.24, 2.45) is 5.73 Å². The van der Waals surface area contributed by atoms with Gasteiger partial charge in [-0.05, 0) is 40.7 Å². The Morgan fingerprint density at radius 1 is 1.08 bits per heavy atom. The van der Waals surface area contributed by atoms with Crippen molar-refractivity contribution in [3.63, 3.8) is 0 Å². The van der Waals surface area contributed by atoms with E-state index in [2.05, 4.69) is 44.7 Å². The summed E-state index contributed by atoms with van der Waals surface area (Å²) in [5.74, 6) is 0. The van der Waals surface area contributed by atoms with E-state index < -0.39 is 0 Å². The Morgan fingerprint density at radius 3 is 1.92 bits per heavy atom. The molecular formula is C11H22N2. The van der Waals surface area contributed by atoms with Gasteiger partial charge in [-0.1, -0.05) is 12.2 Å². The lowest BCUT2D eigenvalue weighted by molar-refractivity contribution is 0.0959. The fourth-order valence-corrected chi connectivity index (χ4v) is 2.16. The molecule has 1 aliphatic heterocycles. The largest absolute Gasteiger partial charge is 0.330 e. The van der Waals surface area contributed by atoms with Crippen LogP contribution < -0.4 is 5.73 Å². The van der Waals surface area contributed by atoms with Gasteiger partial charge in [0.1, 0.15) is 0 Å². The highest BCUT2D eigenvalue weighted by molar-refractivity contribution is 5.20. The minimum atomic E-state index is 0.193. The third-order valence-electron chi connectivity index (χ3n) is 2.88. The van der Waals surface area contributed by atoms with Crippen LogP contribution in [-0.2, 0) is 0 Å². The van der Waals surface area contributed by atoms with Gasteiger partial charge in [0.2, 0.25) is 0 Å². The first-order valence-electron chi connectivity index (χ1n) is 5.08. The van der Waals surface area contributed by atoms with Crippen LogP contribution in [0.25, 0.3) is 0 Å². The minimum Gasteiger partial charge on any atom is -0.330 e. The average molecular weight is 182 g/mol. The zero-order valence-electron chi connectivity index (χ0n) is 9.30. The molecule has 0 atom stereocenters. The molecule has 0 unspecified atom stereocenters. The molecule has 0 spiro atoms. The van der Waals surface area contributed by atoms with Gasteiger partial charge >= 0.3 is 0 Å². The van der Waals surface area contributed by atoms with Crippen molar-refractivity contribution < 1.29 is 0 Å². The normalized spacial score (nSPS) is 25.3. The maximum absolute atomic E-state index is 5.54. The first-order chi connectivity index (χ1) is 5.90. The summed E-state index contributed by atoms with van der Waals surface area (Å²) in [6, 6.07) is 0. The summed E-state index contributed by atoms with van der Waals surface area (Å²) in [6.45, 7) is 10.9. The van der Waals surface area contributed by atoms with E-state index in [9.17, 15) is 0 Å². The van der Waals surface area contributed by atoms with Crippen LogP contribution in [-0.4, -0.2) is 29.1 Å². The van der Waals surface area contributed by atoms with Gasteiger partial charge in [0.05, 0.1) is 0 Å². The second-order valence-electron chi connectivity index (χ2n) is 4.93. The Balaban J connectivity index is 2.68. The second kappa shape index (κ2) is 3.43. The Labute approximate surface area is 81.8 Å². The van der Waals surface area contributed by atoms with Gasteiger partial charge in [-0.15, -0.1) is 0 Å². The number of rotatable bonds is 3. The van der Waals surface area contributed by atoms with E-state index in [1.54, 1.807) is 0 Å². The topological polar surface area (TPSA) is 29.3 Å². The third kappa shape index (κ3) is 2.12. The lowest BCUT2D eigenvalue weighted by atomic mass is 10.0. The van der Waals surface area contributed by atoms with Crippen LogP contribution in [0.4, 0.5) is 0 Å². The highest BCUT2D eigenvalue weighted by atomic mass is 15.3. The highest BCUT2D eigenvalue weighted by Crippen LogP contribution is 2.34. The van der Waals surface area contributed by atoms with Gasteiger partial charge in [0.15, 0.2) is 0 Å². The van der Waals surface area contributed by atoms with Crippen LogP contribution in [0.2, 0.25) is 0 Å². The van der Waals surface area contributed by atoms with Gasteiger partial charge in [-0.3, -0.25) is 4.90 Å². The predicted octanol–water partition coefficient (Wildman–Crippen LogP) is 1.76. The van der Waals surface area contributed by atoms with Crippen molar-refractivity contribution in [2.75, 3.05) is 13.1 Å². The third-order valence-corrected chi connectivity index (χ3v) is 2.88. The smallest absolute Gasteiger partial charge is 0.0343 e. The van der Waals surface area contributed by atoms with Crippen molar-refractivity contribution in [1.82, 2.24) is 4.90 Å². The zero-order chi connectivity index (χ0) is 10.1. The molecular weight excluding hydrogens is 160 g/mol. The van der Waals surface area contributed by atoms with Crippen molar-refractivity contribution in [2.45, 2.75) is 45.2 Å². The number of hydrogen-bond donors (Lipinski definition) is 1. The number of nitrogens with zero attached hydrogens (tertiary/aromatic N) is 1. The second-order valence-corrected chi connectivity index (χ2v) is 4.93. The Bertz CT molecular complexity index is 186. The van der Waals surface area contributed by atoms with Crippen LogP contribution in [0.15, 0.2) is 12.2 Å². The fourth-order valence-electron chi connectivity index (χ4n) is 2.16. The maximum atomic E-state index is 5.54. The molecule has 0 aromatic rings. The molecule has 13 heavy (non-hydrogen) atoms. The Hall–Kier alpha value is -0.340. The van der Waals surface area contributed by atoms with Crippen LogP contribution in [0, 0.1) is 0 Å². The summed E-state index contributed by atoms with van der Waals surface area (Å²) < 4.78 is 0. The molecule has 0 radical (unpaired) electrons. The molecule has 76 valence electrons. The zero-order valence-corrected chi connectivity index (χ0v) is 9.30. The van der Waals surface area contributed by atoms with E-state index in [4.69, 9.17) is 5.73 Å². The molecule has 0 fully saturated rings. The molecule has 1 aliphatic rings. The number of nitrogens with two attached hydrogens (primary N) is 1. The van der Waals surface area contributed by atoms with E-state index in [-0.39, 0.29) is 11.1 Å². The SMILES string of the molecule is CC1(C)C=CC(C)(C)N1CCCN. The highest BCUT2D eigenvalue weighted by Gasteiger charge is 2.38. The van der Waals surface area contributed by atoms with E-state index in [1.165, 1.54) is 0 Å². The average Bonchev–Trinajstić information content (AvgIpc) is 2.20. The Kier molecular flexibility index (Phi) is 2.83. The van der Waals surface area contributed by atoms with E-state index in [1.807, 2.05) is 0 Å². The van der Waals surface area contributed by atoms with Gasteiger partial charge in [-0.2, -0.15) is 0 Å². The van der Waals surface area contributed by atoms with Crippen molar-refractivity contribution in [3.05, 3.63) is 12.2 Å². The maximum Gasteiger partial charge on any atom is 0.0343 e. The molecule has 0 aromatic heterocycles. The van der Waals surface area contributed by atoms with Crippen LogP contribution in [0.5, 0.6) is 0 Å². The van der Waals surface area contributed by atoms with Gasteiger partial charge < -0.3 is 5.73 Å². The van der Waals surface area contributed by atoms with Crippen molar-refractivity contribution >= 4 is 0 Å². The van der Waals surface area contributed by atoms with Gasteiger partial charge in [-0.25, -0.2) is 0 Å². The van der Waals surface area contributed by atoms with Crippen molar-refractivity contribution in [3.8, 4) is 0 Å². The van der Waals surface area contributed by atoms with Crippen LogP contribution in [0.3, 0.4) is 0 Å². The number of hydrogen-bond acceptors (Lipinski definition) is 2. The summed E-state index contributed by atoms with van der Waals surface area (Å²) in [7, 11) is 0. The molecule has 2 N–H and O–H groups in total. The molecule has 0 saturated heterocycles. The van der Waals surface area contributed by atoms with E-state index in [0.717, 1.165) is 19.5 Å². The molecule has 1 rings (SSSR count). The van der Waals surface area contributed by atoms with Crippen LogP contribution >= 0.6 is 0 Å². The summed E-state index contributed by atoms with van der Waals surface area (Å²) in [5, 5.41) is 0. The van der Waals surface area contributed by atoms with Crippen molar-refractivity contribution in [1.29, 1.82) is 0 Å². The first kappa shape index (κ1) is 10.7. The molecule has 0 aliphatic carbocycles. The standard InChI is InChI=1S/C11H22N2/c1-10(2)6-7-11(3,4)13(10)9-5-8-12/h6-7H,5,8-9,12H2,1-4H3. The van der Waals surface area contributed by atoms with Crippen LogP contribution in [0.1, 0.15) is 34.1 Å². The van der Waals surface area contributed by atoms with Gasteiger partial charge in [0.25, 0.3) is 0 Å². The molecule has 2 nitrogen and oxygen atoms in total. The molecule has 0 saturated carbocycles. The minimum absolute atomic E-state index is 0.193. The predicted molar refractivity (Wildman–Crippen MR) is 57.7 cm³/mol. The molecule has 0 amide bonds. The lowest BCUT2D eigenvalue weighted by Gasteiger charge is -2.40. The summed E-state index contributed by atoms with van der Waals surface area (Å²) >= 11 is 0. The molecule has 2 heteroatoms. The molecule has 0 bridgehead atoms. The van der Waals surface area contributed by atoms with E-state index >= 15 is 0 Å². The Morgan fingerprint density at radius 2 is 1.54 bits per heavy atom. The lowest BCUT2D eigenvalue weighted by Crippen LogP contribution is -2.49. The molecule has 1 heterocycles. The first-order valence-corrected chi connectivity index (χ1v) is 5.08. The monoisotopic (exact) mass is 182 g/mol. The summed E-state index contributed by atoms with van der Waals surface area (Å²) in [6.07, 6.45) is 5.67. The van der Waals surface area contributed by atoms with E-state index in [0.29, 0.717) is 0 Å². The molecule has 0 aromatic carbocycles. The fraction of sp³-hybridized carbons (Fsp3) is 0.818. The quantitative estimate of drug-likeness (QED) is 0.674. The summed E-state index contributed by atoms with van der Waals surface area (Å²) in [4.78, 5) is 2.51. The van der Waals surface area contributed by atoms with Gasteiger partial charge in [0, 0.05) is 17.6 Å².